The van der Waals surface area contributed by atoms with Crippen LogP contribution in [0.5, 0.6) is 0 Å². The van der Waals surface area contributed by atoms with Crippen LogP contribution in [0.4, 0.5) is 0 Å². The van der Waals surface area contributed by atoms with Crippen LogP contribution in [0.15, 0.2) is 24.3 Å². The fourth-order valence-electron chi connectivity index (χ4n) is 0.849. The van der Waals surface area contributed by atoms with E-state index in [1.165, 1.54) is 6.08 Å². The first-order valence-corrected chi connectivity index (χ1v) is 4.51. The van der Waals surface area contributed by atoms with E-state index in [1.54, 1.807) is 19.1 Å². The molecule has 1 amide bonds. The number of rotatable bonds is 6. The van der Waals surface area contributed by atoms with Crippen molar-refractivity contribution in [3.8, 4) is 0 Å². The molecule has 0 heterocycles. The van der Waals surface area contributed by atoms with E-state index >= 15 is 0 Å². The van der Waals surface area contributed by atoms with E-state index in [0.29, 0.717) is 0 Å². The van der Waals surface area contributed by atoms with Crippen LogP contribution in [0, 0.1) is 0 Å². The molecule has 6 heteroatoms. The van der Waals surface area contributed by atoms with Crippen LogP contribution in [0.25, 0.3) is 0 Å². The first-order chi connectivity index (χ1) is 7.47. The second-order valence-electron chi connectivity index (χ2n) is 2.88. The van der Waals surface area contributed by atoms with Gasteiger partial charge >= 0.3 is 11.9 Å². The first kappa shape index (κ1) is 13.9. The summed E-state index contributed by atoms with van der Waals surface area (Å²) in [5.41, 5.74) is 0. The van der Waals surface area contributed by atoms with Crippen LogP contribution in [0.1, 0.15) is 13.3 Å². The number of allylic oxidation sites excluding steroid dienone is 3. The summed E-state index contributed by atoms with van der Waals surface area (Å²) in [7, 11) is 0. The summed E-state index contributed by atoms with van der Waals surface area (Å²) >= 11 is 0. The molecule has 0 aromatic heterocycles. The Bertz CT molecular complexity index is 332. The second kappa shape index (κ2) is 7.22. The largest absolute Gasteiger partial charge is 0.481 e. The lowest BCUT2D eigenvalue weighted by molar-refractivity contribution is -0.146. The quantitative estimate of drug-likeness (QED) is 0.443. The zero-order valence-electron chi connectivity index (χ0n) is 8.71. The molecule has 0 aliphatic carbocycles. The Balaban J connectivity index is 4.34. The van der Waals surface area contributed by atoms with Crippen LogP contribution in [0.3, 0.4) is 0 Å². The maximum Gasteiger partial charge on any atom is 0.326 e. The van der Waals surface area contributed by atoms with Gasteiger partial charge < -0.3 is 15.5 Å². The predicted octanol–water partition coefficient (Wildman–Crippen LogP) is 0.163. The Morgan fingerprint density at radius 1 is 1.25 bits per heavy atom. The fraction of sp³-hybridized carbons (Fsp3) is 0.300. The zero-order chi connectivity index (χ0) is 12.6. The van der Waals surface area contributed by atoms with E-state index in [1.807, 2.05) is 0 Å². The van der Waals surface area contributed by atoms with Gasteiger partial charge in [-0.1, -0.05) is 18.2 Å². The molecule has 1 atom stereocenters. The summed E-state index contributed by atoms with van der Waals surface area (Å²) in [6, 6.07) is -1.42. The van der Waals surface area contributed by atoms with Crippen LogP contribution < -0.4 is 5.32 Å². The van der Waals surface area contributed by atoms with Gasteiger partial charge in [0.25, 0.3) is 0 Å². The highest BCUT2D eigenvalue weighted by atomic mass is 16.4. The highest BCUT2D eigenvalue weighted by Gasteiger charge is 2.21. The number of carbonyl (C=O) groups excluding carboxylic acids is 1. The lowest BCUT2D eigenvalue weighted by atomic mass is 10.2. The molecular formula is C10H13NO5. The summed E-state index contributed by atoms with van der Waals surface area (Å²) in [5.74, 6) is -3.31. The van der Waals surface area contributed by atoms with Crippen LogP contribution >= 0.6 is 0 Å². The van der Waals surface area contributed by atoms with Gasteiger partial charge in [-0.2, -0.15) is 0 Å². The molecule has 0 aliphatic rings. The van der Waals surface area contributed by atoms with Crippen molar-refractivity contribution >= 4 is 17.8 Å². The Morgan fingerprint density at radius 3 is 2.31 bits per heavy atom. The number of carboxylic acids is 2. The number of hydrogen-bond donors (Lipinski definition) is 3. The molecule has 6 nitrogen and oxygen atoms in total. The van der Waals surface area contributed by atoms with E-state index in [2.05, 4.69) is 5.32 Å². The van der Waals surface area contributed by atoms with Gasteiger partial charge in [0.1, 0.15) is 6.04 Å². The summed E-state index contributed by atoms with van der Waals surface area (Å²) in [6.07, 6.45) is 5.17. The van der Waals surface area contributed by atoms with E-state index in [4.69, 9.17) is 10.2 Å². The standard InChI is InChI=1S/C10H13NO5/c1-2-3-4-5-8(12)11-7(10(15)16)6-9(13)14/h2-5,7H,6H2,1H3,(H,11,12)(H,13,14)(H,15,16)/b3-2+,5-4?/t7-/m1/s1. The van der Waals surface area contributed by atoms with Gasteiger partial charge in [-0.3, -0.25) is 9.59 Å². The van der Waals surface area contributed by atoms with Crippen LogP contribution in [-0.2, 0) is 14.4 Å². The minimum atomic E-state index is -1.42. The van der Waals surface area contributed by atoms with Crippen molar-refractivity contribution in [2.75, 3.05) is 0 Å². The fourth-order valence-corrected chi connectivity index (χ4v) is 0.849. The van der Waals surface area contributed by atoms with E-state index in [9.17, 15) is 14.4 Å². The molecule has 0 fully saturated rings. The maximum atomic E-state index is 11.1. The summed E-state index contributed by atoms with van der Waals surface area (Å²) < 4.78 is 0. The lowest BCUT2D eigenvalue weighted by Gasteiger charge is -2.09. The van der Waals surface area contributed by atoms with Crippen molar-refractivity contribution in [1.82, 2.24) is 5.32 Å². The second-order valence-corrected chi connectivity index (χ2v) is 2.88. The van der Waals surface area contributed by atoms with Gasteiger partial charge in [-0.15, -0.1) is 0 Å². The highest BCUT2D eigenvalue weighted by molar-refractivity contribution is 5.92. The smallest absolute Gasteiger partial charge is 0.326 e. The van der Waals surface area contributed by atoms with Crippen LogP contribution in [-0.4, -0.2) is 34.1 Å². The lowest BCUT2D eigenvalue weighted by Crippen LogP contribution is -2.41. The highest BCUT2D eigenvalue weighted by Crippen LogP contribution is 1.93. The summed E-state index contributed by atoms with van der Waals surface area (Å²) in [6.45, 7) is 1.76. The molecule has 0 saturated carbocycles. The average molecular weight is 227 g/mol. The number of carboxylic acid groups (broad SMARTS) is 2. The Kier molecular flexibility index (Phi) is 6.27. The minimum absolute atomic E-state index is 0.647. The molecule has 0 bridgehead atoms. The molecule has 16 heavy (non-hydrogen) atoms. The van der Waals surface area contributed by atoms with Gasteiger partial charge in [0.05, 0.1) is 6.42 Å². The van der Waals surface area contributed by atoms with Crippen molar-refractivity contribution in [3.63, 3.8) is 0 Å². The van der Waals surface area contributed by atoms with E-state index in [0.717, 1.165) is 6.08 Å². The molecule has 0 saturated heterocycles. The van der Waals surface area contributed by atoms with Crippen LogP contribution in [0.2, 0.25) is 0 Å². The molecule has 0 rings (SSSR count). The van der Waals surface area contributed by atoms with Gasteiger partial charge in [-0.25, -0.2) is 4.79 Å². The summed E-state index contributed by atoms with van der Waals surface area (Å²) in [4.78, 5) is 32.0. The number of hydrogen-bond acceptors (Lipinski definition) is 3. The normalized spacial score (nSPS) is 12.8. The van der Waals surface area contributed by atoms with E-state index < -0.39 is 30.3 Å². The maximum absolute atomic E-state index is 11.1. The molecule has 0 unspecified atom stereocenters. The van der Waals surface area contributed by atoms with Gasteiger partial charge in [-0.05, 0) is 6.92 Å². The molecule has 0 aromatic rings. The first-order valence-electron chi connectivity index (χ1n) is 4.51. The van der Waals surface area contributed by atoms with Crippen molar-refractivity contribution < 1.29 is 24.6 Å². The minimum Gasteiger partial charge on any atom is -0.481 e. The SMILES string of the molecule is C/C=C/C=CC(=O)N[C@H](CC(=O)O)C(=O)O. The molecular weight excluding hydrogens is 214 g/mol. The third kappa shape index (κ3) is 6.36. The topological polar surface area (TPSA) is 104 Å². The predicted molar refractivity (Wildman–Crippen MR) is 55.8 cm³/mol. The molecule has 88 valence electrons. The molecule has 0 spiro atoms. The van der Waals surface area contributed by atoms with Gasteiger partial charge in [0.2, 0.25) is 5.91 Å². The average Bonchev–Trinajstić information content (AvgIpc) is 2.16. The van der Waals surface area contributed by atoms with Crippen molar-refractivity contribution in [2.45, 2.75) is 19.4 Å². The third-order valence-electron chi connectivity index (χ3n) is 1.54. The van der Waals surface area contributed by atoms with Crippen molar-refractivity contribution in [2.24, 2.45) is 0 Å². The number of amides is 1. The van der Waals surface area contributed by atoms with Crippen molar-refractivity contribution in [3.05, 3.63) is 24.3 Å². The zero-order valence-corrected chi connectivity index (χ0v) is 8.71. The van der Waals surface area contributed by atoms with Gasteiger partial charge in [0, 0.05) is 6.08 Å². The monoisotopic (exact) mass is 227 g/mol. The molecule has 0 aliphatic heterocycles. The number of nitrogens with one attached hydrogen (secondary N) is 1. The Hall–Kier alpha value is -2.11. The number of aliphatic carboxylic acids is 2. The third-order valence-corrected chi connectivity index (χ3v) is 1.54. The van der Waals surface area contributed by atoms with Gasteiger partial charge in [0.15, 0.2) is 0 Å². The summed E-state index contributed by atoms with van der Waals surface area (Å²) in [5, 5.41) is 19.1. The van der Waals surface area contributed by atoms with Crippen molar-refractivity contribution in [1.29, 1.82) is 0 Å². The molecule has 0 radical (unpaired) electrons. The Morgan fingerprint density at radius 2 is 1.88 bits per heavy atom. The molecule has 3 N–H and O–H groups in total. The number of carbonyl (C=O) groups is 3. The Labute approximate surface area is 92.3 Å². The van der Waals surface area contributed by atoms with E-state index in [-0.39, 0.29) is 0 Å². The molecule has 0 aromatic carbocycles.